The molecule has 1 aromatic carbocycles. The highest BCUT2D eigenvalue weighted by molar-refractivity contribution is 9.09. The smallest absolute Gasteiger partial charge is 0.282 e. The van der Waals surface area contributed by atoms with Gasteiger partial charge in [0, 0.05) is 29.5 Å². The van der Waals surface area contributed by atoms with Crippen molar-refractivity contribution in [3.8, 4) is 0 Å². The molecule has 0 spiro atoms. The molecule has 0 radical (unpaired) electrons. The number of alkyl halides is 1. The summed E-state index contributed by atoms with van der Waals surface area (Å²) in [6.45, 7) is 0.602. The Balaban J connectivity index is 2.15. The van der Waals surface area contributed by atoms with Crippen LogP contribution in [0.4, 0.5) is 5.69 Å². The number of carbonyl (C=O) groups excluding carboxylic acids is 1. The van der Waals surface area contributed by atoms with Crippen LogP contribution in [0.25, 0.3) is 0 Å². The summed E-state index contributed by atoms with van der Waals surface area (Å²) in [6, 6.07) is 4.03. The van der Waals surface area contributed by atoms with Gasteiger partial charge in [-0.1, -0.05) is 27.5 Å². The first kappa shape index (κ1) is 15.3. The van der Waals surface area contributed by atoms with Gasteiger partial charge in [-0.25, -0.2) is 0 Å². The van der Waals surface area contributed by atoms with Gasteiger partial charge in [-0.3, -0.25) is 14.9 Å². The zero-order valence-electron chi connectivity index (χ0n) is 10.9. The average Bonchev–Trinajstić information content (AvgIpc) is 2.35. The van der Waals surface area contributed by atoms with Gasteiger partial charge in [0.05, 0.1) is 4.92 Å². The average molecular weight is 362 g/mol. The summed E-state index contributed by atoms with van der Waals surface area (Å²) in [5, 5.41) is 11.3. The van der Waals surface area contributed by atoms with Crippen LogP contribution < -0.4 is 0 Å². The predicted octanol–water partition coefficient (Wildman–Crippen LogP) is 3.49. The number of halogens is 2. The number of benzene rings is 1. The van der Waals surface area contributed by atoms with Crippen LogP contribution in [-0.2, 0) is 0 Å². The molecular formula is C13H14BrClN2O3. The third-order valence-corrected chi connectivity index (χ3v) is 4.43. The first-order valence-electron chi connectivity index (χ1n) is 6.22. The van der Waals surface area contributed by atoms with E-state index in [9.17, 15) is 14.9 Å². The molecule has 2 rings (SSSR count). The number of carbonyl (C=O) groups is 1. The lowest BCUT2D eigenvalue weighted by Crippen LogP contribution is -2.38. The third kappa shape index (κ3) is 3.30. The lowest BCUT2D eigenvalue weighted by Gasteiger charge is -2.34. The van der Waals surface area contributed by atoms with Crippen LogP contribution in [-0.4, -0.2) is 34.2 Å². The van der Waals surface area contributed by atoms with E-state index in [1.54, 1.807) is 7.05 Å². The SMILES string of the molecule is CN(CC1CC(Br)C1)C(=O)c1cc(Cl)ccc1[N+](=O)[O-]. The summed E-state index contributed by atoms with van der Waals surface area (Å²) >= 11 is 9.34. The molecule has 0 aromatic heterocycles. The minimum absolute atomic E-state index is 0.0414. The monoisotopic (exact) mass is 360 g/mol. The van der Waals surface area contributed by atoms with E-state index >= 15 is 0 Å². The Hall–Kier alpha value is -1.14. The number of hydrogen-bond acceptors (Lipinski definition) is 3. The molecule has 1 fully saturated rings. The molecule has 0 atom stereocenters. The minimum atomic E-state index is -0.560. The Kier molecular flexibility index (Phi) is 4.65. The largest absolute Gasteiger partial charge is 0.341 e. The lowest BCUT2D eigenvalue weighted by atomic mass is 9.85. The molecule has 108 valence electrons. The second kappa shape index (κ2) is 6.10. The molecule has 0 saturated heterocycles. The van der Waals surface area contributed by atoms with Gasteiger partial charge in [-0.15, -0.1) is 0 Å². The maximum Gasteiger partial charge on any atom is 0.282 e. The van der Waals surface area contributed by atoms with E-state index in [2.05, 4.69) is 15.9 Å². The first-order valence-corrected chi connectivity index (χ1v) is 7.51. The molecule has 0 unspecified atom stereocenters. The topological polar surface area (TPSA) is 63.5 Å². The summed E-state index contributed by atoms with van der Waals surface area (Å²) in [5.41, 5.74) is -0.169. The zero-order valence-corrected chi connectivity index (χ0v) is 13.2. The normalized spacial score (nSPS) is 21.1. The van der Waals surface area contributed by atoms with E-state index < -0.39 is 4.92 Å². The van der Waals surface area contributed by atoms with E-state index in [1.165, 1.54) is 23.1 Å². The van der Waals surface area contributed by atoms with Crippen molar-refractivity contribution in [3.63, 3.8) is 0 Å². The fraction of sp³-hybridized carbons (Fsp3) is 0.462. The fourth-order valence-electron chi connectivity index (χ4n) is 2.32. The van der Waals surface area contributed by atoms with Crippen molar-refractivity contribution < 1.29 is 9.72 Å². The van der Waals surface area contributed by atoms with Crippen LogP contribution >= 0.6 is 27.5 Å². The molecule has 0 aliphatic heterocycles. The van der Waals surface area contributed by atoms with Crippen LogP contribution in [0.2, 0.25) is 5.02 Å². The molecule has 0 N–H and O–H groups in total. The highest BCUT2D eigenvalue weighted by atomic mass is 79.9. The number of hydrogen-bond donors (Lipinski definition) is 0. The molecule has 1 saturated carbocycles. The maximum atomic E-state index is 12.3. The summed E-state index contributed by atoms with van der Waals surface area (Å²) in [7, 11) is 1.66. The van der Waals surface area contributed by atoms with E-state index in [0.29, 0.717) is 22.3 Å². The molecular weight excluding hydrogens is 348 g/mol. The Morgan fingerprint density at radius 1 is 1.55 bits per heavy atom. The Morgan fingerprint density at radius 2 is 2.20 bits per heavy atom. The molecule has 7 heteroatoms. The van der Waals surface area contributed by atoms with Crippen LogP contribution in [0.15, 0.2) is 18.2 Å². The highest BCUT2D eigenvalue weighted by Gasteiger charge is 2.30. The Labute approximate surface area is 130 Å². The second-order valence-corrected chi connectivity index (χ2v) is 6.77. The van der Waals surface area contributed by atoms with Crippen LogP contribution in [0.3, 0.4) is 0 Å². The van der Waals surface area contributed by atoms with Crippen molar-refractivity contribution in [2.45, 2.75) is 17.7 Å². The summed E-state index contributed by atoms with van der Waals surface area (Å²) < 4.78 is 0. The number of rotatable bonds is 4. The van der Waals surface area contributed by atoms with E-state index in [4.69, 9.17) is 11.6 Å². The van der Waals surface area contributed by atoms with Crippen molar-refractivity contribution >= 4 is 39.1 Å². The Morgan fingerprint density at radius 3 is 2.75 bits per heavy atom. The summed E-state index contributed by atoms with van der Waals surface area (Å²) in [5.74, 6) is 0.0868. The van der Waals surface area contributed by atoms with Crippen LogP contribution in [0.1, 0.15) is 23.2 Å². The Bertz CT molecular complexity index is 546. The van der Waals surface area contributed by atoms with Gasteiger partial charge in [0.2, 0.25) is 0 Å². The zero-order chi connectivity index (χ0) is 14.9. The molecule has 20 heavy (non-hydrogen) atoms. The molecule has 1 aliphatic rings. The first-order chi connectivity index (χ1) is 9.38. The minimum Gasteiger partial charge on any atom is -0.341 e. The van der Waals surface area contributed by atoms with Crippen LogP contribution in [0.5, 0.6) is 0 Å². The van der Waals surface area contributed by atoms with Crippen molar-refractivity contribution in [1.82, 2.24) is 4.90 Å². The summed E-state index contributed by atoms with van der Waals surface area (Å²) in [4.78, 5) is 24.8. The van der Waals surface area contributed by atoms with Crippen molar-refractivity contribution in [1.29, 1.82) is 0 Å². The number of nitro benzene ring substituents is 1. The van der Waals surface area contributed by atoms with E-state index in [0.717, 1.165) is 12.8 Å². The molecule has 1 aromatic rings. The van der Waals surface area contributed by atoms with Crippen molar-refractivity contribution in [2.24, 2.45) is 5.92 Å². The number of nitro groups is 1. The standard InChI is InChI=1S/C13H14BrClN2O3/c1-16(7-8-4-9(14)5-8)13(18)11-6-10(15)2-3-12(11)17(19)20/h2-3,6,8-9H,4-5,7H2,1H3. The number of nitrogens with zero attached hydrogens (tertiary/aromatic N) is 2. The van der Waals surface area contributed by atoms with Gasteiger partial charge in [0.1, 0.15) is 5.56 Å². The molecule has 5 nitrogen and oxygen atoms in total. The lowest BCUT2D eigenvalue weighted by molar-refractivity contribution is -0.385. The van der Waals surface area contributed by atoms with E-state index in [1.807, 2.05) is 0 Å². The third-order valence-electron chi connectivity index (χ3n) is 3.44. The van der Waals surface area contributed by atoms with Crippen LogP contribution in [0, 0.1) is 16.0 Å². The van der Waals surface area contributed by atoms with Crippen molar-refractivity contribution in [3.05, 3.63) is 38.9 Å². The molecule has 0 heterocycles. The predicted molar refractivity (Wildman–Crippen MR) is 80.5 cm³/mol. The number of amides is 1. The van der Waals surface area contributed by atoms with Gasteiger partial charge in [0.25, 0.3) is 11.6 Å². The van der Waals surface area contributed by atoms with Gasteiger partial charge >= 0.3 is 0 Å². The van der Waals surface area contributed by atoms with Crippen molar-refractivity contribution in [2.75, 3.05) is 13.6 Å². The molecule has 0 bridgehead atoms. The van der Waals surface area contributed by atoms with Gasteiger partial charge in [-0.2, -0.15) is 0 Å². The van der Waals surface area contributed by atoms with Gasteiger partial charge in [-0.05, 0) is 30.9 Å². The second-order valence-electron chi connectivity index (χ2n) is 5.04. The molecule has 1 aliphatic carbocycles. The maximum absolute atomic E-state index is 12.3. The fourth-order valence-corrected chi connectivity index (χ4v) is 3.55. The van der Waals surface area contributed by atoms with Gasteiger partial charge < -0.3 is 4.90 Å². The quantitative estimate of drug-likeness (QED) is 0.468. The summed E-state index contributed by atoms with van der Waals surface area (Å²) in [6.07, 6.45) is 2.05. The van der Waals surface area contributed by atoms with Gasteiger partial charge in [0.15, 0.2) is 0 Å². The molecule has 1 amide bonds. The highest BCUT2D eigenvalue weighted by Crippen LogP contribution is 2.34. The van der Waals surface area contributed by atoms with E-state index in [-0.39, 0.29) is 17.2 Å².